The number of amides is 3. The number of nitrogens with one attached hydrogen (secondary N) is 2. The van der Waals surface area contributed by atoms with E-state index in [1.165, 1.54) is 24.0 Å². The molecule has 3 aromatic rings. The molecule has 3 atom stereocenters. The average Bonchev–Trinajstić information content (AvgIpc) is 3.85. The molecule has 3 aromatic carbocycles. The monoisotopic (exact) mass is 825 g/mol. The van der Waals surface area contributed by atoms with Crippen LogP contribution < -0.4 is 15.4 Å². The molecular weight excluding hydrogens is 771 g/mol. The predicted octanol–water partition coefficient (Wildman–Crippen LogP) is 7.10. The van der Waals surface area contributed by atoms with E-state index in [9.17, 15) is 28.8 Å². The Balaban J connectivity index is 0.993. The molecule has 6 rings (SSSR count). The number of esters is 3. The van der Waals surface area contributed by atoms with Gasteiger partial charge in [0.2, 0.25) is 5.91 Å². The molecule has 1 saturated carbocycles. The molecule has 3 aliphatic rings. The Labute approximate surface area is 350 Å². The van der Waals surface area contributed by atoms with E-state index in [1.54, 1.807) is 32.9 Å². The summed E-state index contributed by atoms with van der Waals surface area (Å²) in [5.74, 6) is -2.47. The van der Waals surface area contributed by atoms with Gasteiger partial charge in [0.05, 0.1) is 0 Å². The Hall–Kier alpha value is -5.92. The molecule has 0 aromatic heterocycles. The Morgan fingerprint density at radius 2 is 1.42 bits per heavy atom. The highest BCUT2D eigenvalue weighted by Crippen LogP contribution is 2.44. The van der Waals surface area contributed by atoms with Crippen molar-refractivity contribution in [3.05, 3.63) is 89.5 Å². The molecule has 3 amide bonds. The van der Waals surface area contributed by atoms with Gasteiger partial charge in [-0.2, -0.15) is 0 Å². The van der Waals surface area contributed by atoms with Gasteiger partial charge < -0.3 is 34.3 Å². The van der Waals surface area contributed by atoms with Crippen LogP contribution >= 0.6 is 0 Å². The Morgan fingerprint density at radius 1 is 0.767 bits per heavy atom. The number of hydrogen-bond donors (Lipinski definition) is 2. The maximum Gasteiger partial charge on any atom is 0.410 e. The summed E-state index contributed by atoms with van der Waals surface area (Å²) in [5, 5.41) is 5.25. The first-order valence-electron chi connectivity index (χ1n) is 20.8. The molecule has 0 spiro atoms. The third-order valence-electron chi connectivity index (χ3n) is 10.8. The van der Waals surface area contributed by atoms with Crippen molar-refractivity contribution in [3.63, 3.8) is 0 Å². The van der Waals surface area contributed by atoms with Gasteiger partial charge in [0.25, 0.3) is 0 Å². The van der Waals surface area contributed by atoms with Crippen molar-refractivity contribution < 1.29 is 52.5 Å². The number of ether oxygens (including phenoxy) is 5. The van der Waals surface area contributed by atoms with E-state index in [4.69, 9.17) is 23.7 Å². The third-order valence-corrected chi connectivity index (χ3v) is 10.8. The van der Waals surface area contributed by atoms with Crippen molar-refractivity contribution in [2.75, 3.05) is 13.2 Å². The summed E-state index contributed by atoms with van der Waals surface area (Å²) in [6.07, 6.45) is 3.89. The zero-order valence-electron chi connectivity index (χ0n) is 34.7. The van der Waals surface area contributed by atoms with Crippen molar-refractivity contribution in [2.45, 2.75) is 128 Å². The second-order valence-corrected chi connectivity index (χ2v) is 16.5. The fraction of sp³-hybridized carbons (Fsp3) is 0.478. The van der Waals surface area contributed by atoms with E-state index in [-0.39, 0.29) is 43.8 Å². The van der Waals surface area contributed by atoms with E-state index >= 15 is 0 Å². The fourth-order valence-corrected chi connectivity index (χ4v) is 7.78. The van der Waals surface area contributed by atoms with Crippen LogP contribution in [0.25, 0.3) is 11.1 Å². The summed E-state index contributed by atoms with van der Waals surface area (Å²) < 4.78 is 27.8. The number of likely N-dealkylation sites (tertiary alicyclic amines) is 1. The van der Waals surface area contributed by atoms with E-state index in [1.807, 2.05) is 48.5 Å². The highest BCUT2D eigenvalue weighted by molar-refractivity contribution is 5.91. The van der Waals surface area contributed by atoms with E-state index < -0.39 is 59.7 Å². The summed E-state index contributed by atoms with van der Waals surface area (Å²) in [4.78, 5) is 79.6. The number of hydrogen-bond acceptors (Lipinski definition) is 11. The van der Waals surface area contributed by atoms with Crippen molar-refractivity contribution in [2.24, 2.45) is 0 Å². The Kier molecular flexibility index (Phi) is 14.5. The van der Waals surface area contributed by atoms with Crippen LogP contribution in [-0.4, -0.2) is 83.9 Å². The van der Waals surface area contributed by atoms with Gasteiger partial charge >= 0.3 is 30.1 Å². The lowest BCUT2D eigenvalue weighted by Gasteiger charge is -2.29. The highest BCUT2D eigenvalue weighted by atomic mass is 16.6. The van der Waals surface area contributed by atoms with Crippen molar-refractivity contribution in [1.29, 1.82) is 0 Å². The lowest BCUT2D eigenvalue weighted by molar-refractivity contribution is -0.151. The topological polar surface area (TPSA) is 176 Å². The van der Waals surface area contributed by atoms with Crippen LogP contribution in [0.5, 0.6) is 5.75 Å². The predicted molar refractivity (Wildman–Crippen MR) is 220 cm³/mol. The lowest BCUT2D eigenvalue weighted by atomic mass is 9.98. The largest absolute Gasteiger partial charge is 0.462 e. The average molecular weight is 826 g/mol. The summed E-state index contributed by atoms with van der Waals surface area (Å²) in [6, 6.07) is 19.2. The highest BCUT2D eigenvalue weighted by Gasteiger charge is 2.38. The van der Waals surface area contributed by atoms with E-state index in [2.05, 4.69) is 10.6 Å². The molecule has 60 heavy (non-hydrogen) atoms. The number of carbonyl (C=O) groups is 6. The standard InChI is InChI=1S/C46H55N3O11/c1-29(47-44(54)57-28-37-35-17-10-8-15-33(35)34-16-9-11-18-36(34)37)42(52)56-27-30-20-22-32(23-21-30)59-43(53)38(24-25-40(50)58-31-13-6-5-7-14-31)48-41(51)39-19-12-26-49(39)45(55)60-46(2,3)4/h8-11,15-18,20-23,29,31,37-39H,5-7,12-14,19,24-28H2,1-4H3,(H,47,54)(H,48,51)/t29-,38-,39-/m0/s1. The van der Waals surface area contributed by atoms with Crippen LogP contribution in [0.3, 0.4) is 0 Å². The molecular formula is C46H55N3O11. The van der Waals surface area contributed by atoms with Crippen LogP contribution in [0.2, 0.25) is 0 Å². The molecule has 2 aliphatic carbocycles. The Morgan fingerprint density at radius 3 is 2.07 bits per heavy atom. The van der Waals surface area contributed by atoms with Gasteiger partial charge in [-0.1, -0.05) is 67.1 Å². The van der Waals surface area contributed by atoms with Gasteiger partial charge in [0.15, 0.2) is 0 Å². The molecule has 1 heterocycles. The minimum atomic E-state index is -1.22. The number of alkyl carbamates (subject to hydrolysis) is 1. The number of nitrogens with zero attached hydrogens (tertiary/aromatic N) is 1. The maximum atomic E-state index is 13.6. The summed E-state index contributed by atoms with van der Waals surface area (Å²) in [5.41, 5.74) is 4.18. The normalized spacial score (nSPS) is 17.3. The van der Waals surface area contributed by atoms with Crippen molar-refractivity contribution in [1.82, 2.24) is 15.5 Å². The van der Waals surface area contributed by atoms with Crippen molar-refractivity contribution >= 4 is 36.0 Å². The van der Waals surface area contributed by atoms with Gasteiger partial charge in [-0.15, -0.1) is 0 Å². The molecule has 2 N–H and O–H groups in total. The molecule has 1 aliphatic heterocycles. The van der Waals surface area contributed by atoms with Crippen molar-refractivity contribution in [3.8, 4) is 16.9 Å². The smallest absolute Gasteiger partial charge is 0.410 e. The van der Waals surface area contributed by atoms with Gasteiger partial charge in [0.1, 0.15) is 48.8 Å². The maximum absolute atomic E-state index is 13.6. The second-order valence-electron chi connectivity index (χ2n) is 16.5. The van der Waals surface area contributed by atoms with Crippen LogP contribution in [0.1, 0.15) is 108 Å². The zero-order valence-corrected chi connectivity index (χ0v) is 34.7. The quantitative estimate of drug-likeness (QED) is 0.0963. The van der Waals surface area contributed by atoms with Gasteiger partial charge in [-0.05, 0) is 113 Å². The summed E-state index contributed by atoms with van der Waals surface area (Å²) in [6.45, 7) is 7.02. The third kappa shape index (κ3) is 11.6. The van der Waals surface area contributed by atoms with Gasteiger partial charge in [-0.25, -0.2) is 19.2 Å². The second kappa shape index (κ2) is 19.9. The van der Waals surface area contributed by atoms with Crippen LogP contribution in [0.4, 0.5) is 9.59 Å². The lowest BCUT2D eigenvalue weighted by Crippen LogP contribution is -2.52. The van der Waals surface area contributed by atoms with Gasteiger partial charge in [0, 0.05) is 18.9 Å². The minimum Gasteiger partial charge on any atom is -0.462 e. The molecule has 0 radical (unpaired) electrons. The number of carbonyl (C=O) groups excluding carboxylic acids is 6. The molecule has 14 nitrogen and oxygen atoms in total. The molecule has 0 bridgehead atoms. The Bertz CT molecular complexity index is 1980. The molecule has 0 unspecified atom stereocenters. The summed E-state index contributed by atoms with van der Waals surface area (Å²) >= 11 is 0. The van der Waals surface area contributed by atoms with E-state index in [0.717, 1.165) is 54.4 Å². The van der Waals surface area contributed by atoms with Gasteiger partial charge in [-0.3, -0.25) is 14.5 Å². The first-order chi connectivity index (χ1) is 28.8. The molecule has 320 valence electrons. The number of benzene rings is 3. The van der Waals surface area contributed by atoms with E-state index in [0.29, 0.717) is 24.9 Å². The van der Waals surface area contributed by atoms with Crippen LogP contribution in [0.15, 0.2) is 72.8 Å². The minimum absolute atomic E-state index is 0.0778. The number of rotatable bonds is 14. The first kappa shape index (κ1) is 43.7. The fourth-order valence-electron chi connectivity index (χ4n) is 7.78. The van der Waals surface area contributed by atoms with Crippen LogP contribution in [0, 0.1) is 0 Å². The molecule has 1 saturated heterocycles. The molecule has 14 heteroatoms. The first-order valence-corrected chi connectivity index (χ1v) is 20.8. The van der Waals surface area contributed by atoms with Crippen LogP contribution in [-0.2, 0) is 44.7 Å². The number of fused-ring (bicyclic) bond motifs is 3. The summed E-state index contributed by atoms with van der Waals surface area (Å²) in [7, 11) is 0. The zero-order chi connectivity index (χ0) is 42.8. The molecule has 2 fully saturated rings. The SMILES string of the molecule is C[C@H](NC(=O)OCC1c2ccccc2-c2ccccc21)C(=O)OCc1ccc(OC(=O)[C@H](CCC(=O)OC2CCCCC2)NC(=O)[C@@H]2CCCN2C(=O)OC(C)(C)C)cc1.